The molecule has 0 fully saturated rings. The highest BCUT2D eigenvalue weighted by molar-refractivity contribution is 5.05. The quantitative estimate of drug-likeness (QED) is 0.768. The molecule has 1 aromatic rings. The van der Waals surface area contributed by atoms with Gasteiger partial charge in [0.2, 0.25) is 0 Å². The van der Waals surface area contributed by atoms with Crippen molar-refractivity contribution in [2.24, 2.45) is 13.0 Å². The summed E-state index contributed by atoms with van der Waals surface area (Å²) in [6, 6.07) is 0.321. The molecule has 2 atom stereocenters. The molecule has 0 saturated heterocycles. The second kappa shape index (κ2) is 6.66. The van der Waals surface area contributed by atoms with Crippen molar-refractivity contribution in [3.05, 3.63) is 18.2 Å². The fourth-order valence-electron chi connectivity index (χ4n) is 1.88. The molecule has 1 N–H and O–H groups in total. The molecule has 0 aromatic carbocycles. The maximum absolute atomic E-state index is 5.13. The zero-order chi connectivity index (χ0) is 12.0. The predicted molar refractivity (Wildman–Crippen MR) is 65.3 cm³/mol. The summed E-state index contributed by atoms with van der Waals surface area (Å²) in [4.78, 5) is 4.42. The Hall–Kier alpha value is -0.870. The molecule has 16 heavy (non-hydrogen) atoms. The van der Waals surface area contributed by atoms with Crippen LogP contribution < -0.4 is 5.32 Å². The maximum Gasteiger partial charge on any atom is 0.0947 e. The number of nitrogens with zero attached hydrogens (tertiary/aromatic N) is 2. The van der Waals surface area contributed by atoms with Gasteiger partial charge in [-0.15, -0.1) is 0 Å². The normalized spacial score (nSPS) is 15.0. The van der Waals surface area contributed by atoms with Gasteiger partial charge < -0.3 is 14.6 Å². The van der Waals surface area contributed by atoms with Gasteiger partial charge in [0.15, 0.2) is 0 Å². The molecule has 0 radical (unpaired) electrons. The molecule has 1 rings (SSSR count). The first-order valence-electron chi connectivity index (χ1n) is 5.89. The van der Waals surface area contributed by atoms with Gasteiger partial charge in [0, 0.05) is 27.0 Å². The van der Waals surface area contributed by atoms with E-state index in [4.69, 9.17) is 4.74 Å². The van der Waals surface area contributed by atoms with Crippen molar-refractivity contribution in [1.29, 1.82) is 0 Å². The van der Waals surface area contributed by atoms with Crippen LogP contribution in [0.25, 0.3) is 0 Å². The van der Waals surface area contributed by atoms with Gasteiger partial charge in [0.1, 0.15) is 0 Å². The van der Waals surface area contributed by atoms with Crippen molar-refractivity contribution < 1.29 is 4.74 Å². The lowest BCUT2D eigenvalue weighted by atomic mass is 9.96. The number of hydrogen-bond donors (Lipinski definition) is 1. The smallest absolute Gasteiger partial charge is 0.0947 e. The number of ether oxygens (including phenoxy) is 1. The number of aryl methyl sites for hydroxylation is 1. The average molecular weight is 225 g/mol. The van der Waals surface area contributed by atoms with Crippen LogP contribution in [-0.4, -0.2) is 29.8 Å². The zero-order valence-corrected chi connectivity index (χ0v) is 10.7. The first kappa shape index (κ1) is 13.2. The summed E-state index contributed by atoms with van der Waals surface area (Å²) >= 11 is 0. The lowest BCUT2D eigenvalue weighted by Crippen LogP contribution is -2.27. The van der Waals surface area contributed by atoms with Gasteiger partial charge in [-0.05, 0) is 18.9 Å². The SMILES string of the molecule is CCNC(c1cn(C)cn1)C(C)CCOC. The molecule has 2 unspecified atom stereocenters. The third-order valence-corrected chi connectivity index (χ3v) is 2.81. The Morgan fingerprint density at radius 2 is 2.31 bits per heavy atom. The van der Waals surface area contributed by atoms with Gasteiger partial charge in [0.25, 0.3) is 0 Å². The Bertz CT molecular complexity index is 298. The van der Waals surface area contributed by atoms with E-state index in [0.717, 1.165) is 25.3 Å². The molecule has 0 aliphatic heterocycles. The molecule has 0 aliphatic carbocycles. The van der Waals surface area contributed by atoms with E-state index in [1.807, 2.05) is 17.9 Å². The Morgan fingerprint density at radius 1 is 1.56 bits per heavy atom. The van der Waals surface area contributed by atoms with Crippen LogP contribution in [-0.2, 0) is 11.8 Å². The molecule has 0 amide bonds. The van der Waals surface area contributed by atoms with Crippen LogP contribution in [0.15, 0.2) is 12.5 Å². The minimum atomic E-state index is 0.321. The van der Waals surface area contributed by atoms with E-state index in [2.05, 4.69) is 30.3 Å². The number of imidazole rings is 1. The molecule has 92 valence electrons. The van der Waals surface area contributed by atoms with Gasteiger partial charge in [-0.25, -0.2) is 4.98 Å². The molecule has 0 aliphatic rings. The Balaban J connectivity index is 2.66. The van der Waals surface area contributed by atoms with Gasteiger partial charge >= 0.3 is 0 Å². The van der Waals surface area contributed by atoms with Crippen LogP contribution in [0.1, 0.15) is 32.0 Å². The largest absolute Gasteiger partial charge is 0.385 e. The molecular weight excluding hydrogens is 202 g/mol. The van der Waals surface area contributed by atoms with Gasteiger partial charge in [-0.3, -0.25) is 0 Å². The molecule has 1 aromatic heterocycles. The van der Waals surface area contributed by atoms with Crippen molar-refractivity contribution in [2.45, 2.75) is 26.3 Å². The second-order valence-corrected chi connectivity index (χ2v) is 4.26. The van der Waals surface area contributed by atoms with Crippen molar-refractivity contribution in [3.8, 4) is 0 Å². The average Bonchev–Trinajstić information content (AvgIpc) is 2.69. The van der Waals surface area contributed by atoms with Crippen LogP contribution in [0.5, 0.6) is 0 Å². The minimum absolute atomic E-state index is 0.321. The van der Waals surface area contributed by atoms with E-state index in [-0.39, 0.29) is 0 Å². The number of methoxy groups -OCH3 is 1. The van der Waals surface area contributed by atoms with Gasteiger partial charge in [-0.2, -0.15) is 0 Å². The third kappa shape index (κ3) is 3.61. The van der Waals surface area contributed by atoms with Crippen molar-refractivity contribution in [3.63, 3.8) is 0 Å². The first-order valence-corrected chi connectivity index (χ1v) is 5.89. The second-order valence-electron chi connectivity index (χ2n) is 4.26. The molecular formula is C12H23N3O. The standard InChI is InChI=1S/C12H23N3O/c1-5-13-12(10(2)6-7-16-4)11-8-15(3)9-14-11/h8-10,12-13H,5-7H2,1-4H3. The van der Waals surface area contributed by atoms with E-state index in [0.29, 0.717) is 12.0 Å². The van der Waals surface area contributed by atoms with E-state index in [1.165, 1.54) is 0 Å². The lowest BCUT2D eigenvalue weighted by molar-refractivity contribution is 0.170. The van der Waals surface area contributed by atoms with Crippen molar-refractivity contribution in [1.82, 2.24) is 14.9 Å². The highest BCUT2D eigenvalue weighted by Gasteiger charge is 2.20. The number of nitrogens with one attached hydrogen (secondary N) is 1. The van der Waals surface area contributed by atoms with E-state index >= 15 is 0 Å². The molecule has 0 bridgehead atoms. The fourth-order valence-corrected chi connectivity index (χ4v) is 1.88. The van der Waals surface area contributed by atoms with Crippen LogP contribution in [0.4, 0.5) is 0 Å². The zero-order valence-electron chi connectivity index (χ0n) is 10.7. The van der Waals surface area contributed by atoms with Crippen LogP contribution >= 0.6 is 0 Å². The monoisotopic (exact) mass is 225 g/mol. The topological polar surface area (TPSA) is 39.1 Å². The number of hydrogen-bond acceptors (Lipinski definition) is 3. The van der Waals surface area contributed by atoms with Crippen LogP contribution in [0, 0.1) is 5.92 Å². The van der Waals surface area contributed by atoms with Crippen molar-refractivity contribution in [2.75, 3.05) is 20.3 Å². The molecule has 4 nitrogen and oxygen atoms in total. The van der Waals surface area contributed by atoms with E-state index in [9.17, 15) is 0 Å². The summed E-state index contributed by atoms with van der Waals surface area (Å²) in [6.07, 6.45) is 4.98. The summed E-state index contributed by atoms with van der Waals surface area (Å²) in [5.74, 6) is 0.523. The molecule has 4 heteroatoms. The van der Waals surface area contributed by atoms with Crippen LogP contribution in [0.3, 0.4) is 0 Å². The highest BCUT2D eigenvalue weighted by Crippen LogP contribution is 2.22. The van der Waals surface area contributed by atoms with E-state index < -0.39 is 0 Å². The number of rotatable bonds is 7. The van der Waals surface area contributed by atoms with Gasteiger partial charge in [-0.1, -0.05) is 13.8 Å². The number of aromatic nitrogens is 2. The lowest BCUT2D eigenvalue weighted by Gasteiger charge is -2.23. The molecule has 1 heterocycles. The summed E-state index contributed by atoms with van der Waals surface area (Å²) in [5.41, 5.74) is 1.12. The highest BCUT2D eigenvalue weighted by atomic mass is 16.5. The van der Waals surface area contributed by atoms with E-state index in [1.54, 1.807) is 7.11 Å². The first-order chi connectivity index (χ1) is 7.69. The maximum atomic E-state index is 5.13. The molecule has 0 saturated carbocycles. The van der Waals surface area contributed by atoms with Crippen molar-refractivity contribution >= 4 is 0 Å². The van der Waals surface area contributed by atoms with Gasteiger partial charge in [0.05, 0.1) is 18.1 Å². The third-order valence-electron chi connectivity index (χ3n) is 2.81. The Kier molecular flexibility index (Phi) is 5.49. The molecule has 0 spiro atoms. The minimum Gasteiger partial charge on any atom is -0.385 e. The summed E-state index contributed by atoms with van der Waals surface area (Å²) in [7, 11) is 3.75. The summed E-state index contributed by atoms with van der Waals surface area (Å²) in [6.45, 7) is 6.12. The van der Waals surface area contributed by atoms with Crippen LogP contribution in [0.2, 0.25) is 0 Å². The summed E-state index contributed by atoms with van der Waals surface area (Å²) < 4.78 is 7.12. The Morgan fingerprint density at radius 3 is 2.81 bits per heavy atom. The Labute approximate surface area is 98.0 Å². The predicted octanol–water partition coefficient (Wildman–Crippen LogP) is 1.74. The summed E-state index contributed by atoms with van der Waals surface area (Å²) in [5, 5.41) is 3.49. The fraction of sp³-hybridized carbons (Fsp3) is 0.750.